The van der Waals surface area contributed by atoms with Crippen LogP contribution in [0.2, 0.25) is 10.0 Å². The molecule has 0 aliphatic heterocycles. The SMILES string of the molecule is CC(C(=O)c1ccc(Cl)cc1Cl)S(=O)(=O)C1CCCCC1. The number of ketones is 1. The highest BCUT2D eigenvalue weighted by molar-refractivity contribution is 7.93. The third-order valence-electron chi connectivity index (χ3n) is 4.08. The predicted octanol–water partition coefficient (Wildman–Crippen LogP) is 4.31. The Balaban J connectivity index is 2.25. The molecule has 1 saturated carbocycles. The largest absolute Gasteiger partial charge is 0.293 e. The maximum absolute atomic E-state index is 12.6. The van der Waals surface area contributed by atoms with E-state index in [1.165, 1.54) is 19.1 Å². The fraction of sp³-hybridized carbons (Fsp3) is 0.533. The van der Waals surface area contributed by atoms with Crippen LogP contribution < -0.4 is 0 Å². The highest BCUT2D eigenvalue weighted by Crippen LogP contribution is 2.29. The molecule has 1 atom stereocenters. The van der Waals surface area contributed by atoms with Gasteiger partial charge in [-0.15, -0.1) is 0 Å². The monoisotopic (exact) mass is 348 g/mol. The molecule has 1 unspecified atom stereocenters. The molecule has 0 heterocycles. The molecular weight excluding hydrogens is 331 g/mol. The summed E-state index contributed by atoms with van der Waals surface area (Å²) < 4.78 is 25.2. The van der Waals surface area contributed by atoms with Gasteiger partial charge in [-0.25, -0.2) is 8.42 Å². The number of hydrogen-bond donors (Lipinski definition) is 0. The first kappa shape index (κ1) is 16.8. The van der Waals surface area contributed by atoms with Gasteiger partial charge in [0.15, 0.2) is 15.6 Å². The summed E-state index contributed by atoms with van der Waals surface area (Å²) in [6.07, 6.45) is 4.18. The van der Waals surface area contributed by atoms with E-state index in [1.54, 1.807) is 6.07 Å². The van der Waals surface area contributed by atoms with Gasteiger partial charge in [0.2, 0.25) is 0 Å². The lowest BCUT2D eigenvalue weighted by molar-refractivity contribution is 0.0991. The molecule has 0 N–H and O–H groups in total. The Kier molecular flexibility index (Phi) is 5.33. The van der Waals surface area contributed by atoms with Gasteiger partial charge in [0, 0.05) is 10.6 Å². The molecule has 0 amide bonds. The number of sulfone groups is 1. The van der Waals surface area contributed by atoms with Gasteiger partial charge in [-0.1, -0.05) is 42.5 Å². The van der Waals surface area contributed by atoms with Crippen molar-refractivity contribution in [3.8, 4) is 0 Å². The summed E-state index contributed by atoms with van der Waals surface area (Å²) in [5, 5.41) is -0.868. The van der Waals surface area contributed by atoms with Crippen LogP contribution in [-0.2, 0) is 9.84 Å². The highest BCUT2D eigenvalue weighted by Gasteiger charge is 2.36. The van der Waals surface area contributed by atoms with Crippen molar-refractivity contribution in [3.63, 3.8) is 0 Å². The molecule has 1 fully saturated rings. The molecule has 1 aromatic rings. The molecule has 21 heavy (non-hydrogen) atoms. The van der Waals surface area contributed by atoms with Crippen molar-refractivity contribution in [1.29, 1.82) is 0 Å². The topological polar surface area (TPSA) is 51.2 Å². The lowest BCUT2D eigenvalue weighted by atomic mass is 10.0. The second kappa shape index (κ2) is 6.67. The molecule has 0 radical (unpaired) electrons. The summed E-state index contributed by atoms with van der Waals surface area (Å²) in [4.78, 5) is 12.5. The normalized spacial score (nSPS) is 18.4. The first-order valence-corrected chi connectivity index (χ1v) is 9.42. The van der Waals surface area contributed by atoms with Gasteiger partial charge in [0.05, 0.1) is 10.3 Å². The van der Waals surface area contributed by atoms with E-state index in [1.807, 2.05) is 0 Å². The molecule has 0 bridgehead atoms. The van der Waals surface area contributed by atoms with Crippen LogP contribution in [0.15, 0.2) is 18.2 Å². The number of Topliss-reactive ketones (excluding diaryl/α,β-unsaturated/α-hetero) is 1. The Morgan fingerprint density at radius 3 is 2.38 bits per heavy atom. The molecule has 6 heteroatoms. The lowest BCUT2D eigenvalue weighted by Crippen LogP contribution is -2.36. The van der Waals surface area contributed by atoms with Gasteiger partial charge in [-0.2, -0.15) is 0 Å². The van der Waals surface area contributed by atoms with Gasteiger partial charge >= 0.3 is 0 Å². The van der Waals surface area contributed by atoms with Crippen LogP contribution in [0.5, 0.6) is 0 Å². The second-order valence-electron chi connectivity index (χ2n) is 5.48. The van der Waals surface area contributed by atoms with Crippen LogP contribution >= 0.6 is 23.2 Å². The number of rotatable bonds is 4. The quantitative estimate of drug-likeness (QED) is 0.761. The van der Waals surface area contributed by atoms with Crippen LogP contribution in [0.3, 0.4) is 0 Å². The van der Waals surface area contributed by atoms with Crippen molar-refractivity contribution in [2.24, 2.45) is 0 Å². The number of carbonyl (C=O) groups is 1. The van der Waals surface area contributed by atoms with E-state index in [9.17, 15) is 13.2 Å². The zero-order valence-electron chi connectivity index (χ0n) is 11.8. The van der Waals surface area contributed by atoms with E-state index in [0.29, 0.717) is 17.9 Å². The van der Waals surface area contributed by atoms with Crippen LogP contribution in [0.25, 0.3) is 0 Å². The standard InChI is InChI=1S/C15H18Cl2O3S/c1-10(21(19,20)12-5-3-2-4-6-12)15(18)13-8-7-11(16)9-14(13)17/h7-10,12H,2-6H2,1H3. The van der Waals surface area contributed by atoms with Gasteiger partial charge in [-0.3, -0.25) is 4.79 Å². The second-order valence-corrected chi connectivity index (χ2v) is 8.88. The fourth-order valence-electron chi connectivity index (χ4n) is 2.74. The minimum atomic E-state index is -3.48. The van der Waals surface area contributed by atoms with Crippen molar-refractivity contribution in [2.75, 3.05) is 0 Å². The molecule has 0 spiro atoms. The first-order valence-electron chi connectivity index (χ1n) is 7.06. The Morgan fingerprint density at radius 2 is 1.81 bits per heavy atom. The third-order valence-corrected chi connectivity index (χ3v) is 7.22. The summed E-state index contributed by atoms with van der Waals surface area (Å²) in [7, 11) is -3.48. The summed E-state index contributed by atoms with van der Waals surface area (Å²) >= 11 is 11.8. The van der Waals surface area contributed by atoms with Gasteiger partial charge in [0.25, 0.3) is 0 Å². The van der Waals surface area contributed by atoms with E-state index in [-0.39, 0.29) is 10.6 Å². The number of halogens is 2. The molecule has 3 nitrogen and oxygen atoms in total. The van der Waals surface area contributed by atoms with E-state index >= 15 is 0 Å². The van der Waals surface area contributed by atoms with E-state index in [4.69, 9.17) is 23.2 Å². The number of carbonyl (C=O) groups excluding carboxylic acids is 1. The molecule has 2 rings (SSSR count). The van der Waals surface area contributed by atoms with E-state index < -0.39 is 26.1 Å². The fourth-order valence-corrected chi connectivity index (χ4v) is 5.23. The molecule has 1 aromatic carbocycles. The third kappa shape index (κ3) is 3.61. The van der Waals surface area contributed by atoms with Crippen LogP contribution in [0.4, 0.5) is 0 Å². The molecule has 116 valence electrons. The minimum Gasteiger partial charge on any atom is -0.293 e. The summed E-state index contributed by atoms with van der Waals surface area (Å²) in [5.74, 6) is -0.456. The predicted molar refractivity (Wildman–Crippen MR) is 86.0 cm³/mol. The molecule has 1 aliphatic carbocycles. The van der Waals surface area contributed by atoms with Gasteiger partial charge in [-0.05, 0) is 38.0 Å². The average Bonchev–Trinajstić information content (AvgIpc) is 2.46. The van der Waals surface area contributed by atoms with Gasteiger partial charge < -0.3 is 0 Å². The minimum absolute atomic E-state index is 0.193. The van der Waals surface area contributed by atoms with Crippen LogP contribution in [0, 0.1) is 0 Å². The molecule has 0 saturated heterocycles. The smallest absolute Gasteiger partial charge is 0.182 e. The average molecular weight is 349 g/mol. The molecule has 1 aliphatic rings. The van der Waals surface area contributed by atoms with E-state index in [0.717, 1.165) is 19.3 Å². The molecule has 0 aromatic heterocycles. The van der Waals surface area contributed by atoms with Crippen molar-refractivity contribution in [2.45, 2.75) is 49.5 Å². The van der Waals surface area contributed by atoms with Crippen LogP contribution in [0.1, 0.15) is 49.4 Å². The zero-order valence-corrected chi connectivity index (χ0v) is 14.1. The highest BCUT2D eigenvalue weighted by atomic mass is 35.5. The number of benzene rings is 1. The van der Waals surface area contributed by atoms with E-state index in [2.05, 4.69) is 0 Å². The Hall–Kier alpha value is -0.580. The maximum Gasteiger partial charge on any atom is 0.182 e. The van der Waals surface area contributed by atoms with Crippen molar-refractivity contribution in [1.82, 2.24) is 0 Å². The summed E-state index contributed by atoms with van der Waals surface area (Å²) in [5.41, 5.74) is 0.216. The Bertz CT molecular complexity index is 634. The maximum atomic E-state index is 12.6. The van der Waals surface area contributed by atoms with Gasteiger partial charge in [0.1, 0.15) is 5.25 Å². The lowest BCUT2D eigenvalue weighted by Gasteiger charge is -2.24. The number of hydrogen-bond acceptors (Lipinski definition) is 3. The van der Waals surface area contributed by atoms with Crippen molar-refractivity contribution >= 4 is 38.8 Å². The molecular formula is C15H18Cl2O3S. The summed E-state index contributed by atoms with van der Waals surface area (Å²) in [6, 6.07) is 4.48. The van der Waals surface area contributed by atoms with Crippen LogP contribution in [-0.4, -0.2) is 24.7 Å². The Morgan fingerprint density at radius 1 is 1.19 bits per heavy atom. The Labute approximate surface area is 135 Å². The van der Waals surface area contributed by atoms with Crippen molar-refractivity contribution < 1.29 is 13.2 Å². The first-order chi connectivity index (χ1) is 9.84. The summed E-state index contributed by atoms with van der Waals surface area (Å²) in [6.45, 7) is 1.46. The van der Waals surface area contributed by atoms with Crippen molar-refractivity contribution in [3.05, 3.63) is 33.8 Å². The zero-order chi connectivity index (χ0) is 15.6.